The molecule has 3 N–H and O–H groups in total. The van der Waals surface area contributed by atoms with Crippen LogP contribution in [0.2, 0.25) is 0 Å². The van der Waals surface area contributed by atoms with Crippen molar-refractivity contribution in [1.82, 2.24) is 0 Å². The molecule has 3 rings (SSSR count). The van der Waals surface area contributed by atoms with E-state index in [2.05, 4.69) is 0 Å². The Balaban J connectivity index is 2.42. The molecule has 1 aromatic heterocycles. The molecule has 1 heterocycles. The maximum atomic E-state index is 12.7. The second kappa shape index (κ2) is 5.35. The number of phenolic OH excluding ortho intramolecular Hbond substituents is 3. The van der Waals surface area contributed by atoms with E-state index in [1.807, 2.05) is 19.9 Å². The van der Waals surface area contributed by atoms with E-state index in [0.717, 1.165) is 5.57 Å². The van der Waals surface area contributed by atoms with Crippen LogP contribution in [0.1, 0.15) is 19.4 Å². The molecule has 0 bridgehead atoms. The number of hydrogen-bond acceptors (Lipinski definition) is 5. The molecule has 0 atom stereocenters. The molecular formula is C18H16O5. The molecule has 118 valence electrons. The van der Waals surface area contributed by atoms with Gasteiger partial charge in [0.05, 0.1) is 0 Å². The fourth-order valence-electron chi connectivity index (χ4n) is 2.56. The lowest BCUT2D eigenvalue weighted by atomic mass is 10.0. The van der Waals surface area contributed by atoms with Crippen molar-refractivity contribution < 1.29 is 19.7 Å². The van der Waals surface area contributed by atoms with Gasteiger partial charge >= 0.3 is 0 Å². The molecule has 0 amide bonds. The molecule has 0 aliphatic carbocycles. The lowest BCUT2D eigenvalue weighted by Crippen LogP contribution is -2.04. The van der Waals surface area contributed by atoms with Gasteiger partial charge in [0.2, 0.25) is 5.43 Å². The minimum atomic E-state index is -0.532. The van der Waals surface area contributed by atoms with E-state index in [9.17, 15) is 20.1 Å². The normalized spacial score (nSPS) is 11.0. The van der Waals surface area contributed by atoms with Crippen molar-refractivity contribution in [1.29, 1.82) is 0 Å². The summed E-state index contributed by atoms with van der Waals surface area (Å²) >= 11 is 0. The molecule has 5 heteroatoms. The van der Waals surface area contributed by atoms with Crippen molar-refractivity contribution in [2.45, 2.75) is 20.3 Å². The van der Waals surface area contributed by atoms with Gasteiger partial charge in [0, 0.05) is 11.6 Å². The van der Waals surface area contributed by atoms with Crippen LogP contribution in [0, 0.1) is 0 Å². The van der Waals surface area contributed by atoms with E-state index in [0.29, 0.717) is 0 Å². The highest BCUT2D eigenvalue weighted by molar-refractivity contribution is 5.97. The second-order valence-corrected chi connectivity index (χ2v) is 5.66. The van der Waals surface area contributed by atoms with Crippen LogP contribution in [-0.2, 0) is 6.42 Å². The van der Waals surface area contributed by atoms with Gasteiger partial charge in [-0.25, -0.2) is 0 Å². The third-order valence-electron chi connectivity index (χ3n) is 3.74. The predicted molar refractivity (Wildman–Crippen MR) is 88.1 cm³/mol. The summed E-state index contributed by atoms with van der Waals surface area (Å²) in [4.78, 5) is 12.7. The van der Waals surface area contributed by atoms with Crippen LogP contribution < -0.4 is 5.43 Å². The van der Waals surface area contributed by atoms with E-state index >= 15 is 0 Å². The largest absolute Gasteiger partial charge is 0.507 e. The van der Waals surface area contributed by atoms with Gasteiger partial charge in [0.15, 0.2) is 0 Å². The van der Waals surface area contributed by atoms with Crippen molar-refractivity contribution in [2.24, 2.45) is 0 Å². The summed E-state index contributed by atoms with van der Waals surface area (Å²) in [6.45, 7) is 3.80. The highest BCUT2D eigenvalue weighted by Crippen LogP contribution is 2.37. The van der Waals surface area contributed by atoms with Crippen LogP contribution in [0.3, 0.4) is 0 Å². The number of aromatic hydroxyl groups is 3. The maximum absolute atomic E-state index is 12.7. The van der Waals surface area contributed by atoms with Crippen molar-refractivity contribution in [3.05, 3.63) is 51.7 Å². The molecule has 0 aliphatic rings. The number of hydrogen-bond donors (Lipinski definition) is 3. The van der Waals surface area contributed by atoms with Crippen LogP contribution in [0.5, 0.6) is 17.2 Å². The molecule has 0 saturated carbocycles. The highest BCUT2D eigenvalue weighted by Gasteiger charge is 2.19. The summed E-state index contributed by atoms with van der Waals surface area (Å²) in [5.41, 5.74) is 1.01. The number of fused-ring (bicyclic) bond motifs is 2. The minimum Gasteiger partial charge on any atom is -0.507 e. The lowest BCUT2D eigenvalue weighted by molar-refractivity contribution is 0.443. The van der Waals surface area contributed by atoms with Gasteiger partial charge in [0.1, 0.15) is 39.2 Å². The number of allylic oxidation sites excluding steroid dienone is 2. The number of phenols is 3. The molecular weight excluding hydrogens is 296 g/mol. The fraction of sp³-hybridized carbons (Fsp3) is 0.167. The summed E-state index contributed by atoms with van der Waals surface area (Å²) in [6.07, 6.45) is 2.12. The maximum Gasteiger partial charge on any atom is 0.208 e. The molecule has 3 aromatic rings. The molecule has 0 unspecified atom stereocenters. The number of rotatable bonds is 2. The van der Waals surface area contributed by atoms with E-state index in [4.69, 9.17) is 4.42 Å². The summed E-state index contributed by atoms with van der Waals surface area (Å²) in [5, 5.41) is 30.4. The molecule has 23 heavy (non-hydrogen) atoms. The molecule has 0 fully saturated rings. The third-order valence-corrected chi connectivity index (χ3v) is 3.74. The smallest absolute Gasteiger partial charge is 0.208 e. The van der Waals surface area contributed by atoms with E-state index in [-0.39, 0.29) is 51.2 Å². The van der Waals surface area contributed by atoms with Crippen LogP contribution >= 0.6 is 0 Å². The fourth-order valence-corrected chi connectivity index (χ4v) is 2.56. The molecule has 0 spiro atoms. The summed E-state index contributed by atoms with van der Waals surface area (Å²) in [6, 6.07) is 5.79. The molecule has 0 saturated heterocycles. The van der Waals surface area contributed by atoms with Crippen LogP contribution in [0.4, 0.5) is 0 Å². The van der Waals surface area contributed by atoms with Crippen LogP contribution in [0.15, 0.2) is 45.1 Å². The first kappa shape index (κ1) is 15.0. The Hall–Kier alpha value is -2.95. The SMILES string of the molecule is CC(C)=CCc1c(O)cc2oc3cccc(O)c3c(=O)c2c1O. The van der Waals surface area contributed by atoms with Gasteiger partial charge in [-0.2, -0.15) is 0 Å². The quantitative estimate of drug-likeness (QED) is 0.497. The van der Waals surface area contributed by atoms with Crippen molar-refractivity contribution in [3.63, 3.8) is 0 Å². The van der Waals surface area contributed by atoms with Crippen molar-refractivity contribution in [2.75, 3.05) is 0 Å². The van der Waals surface area contributed by atoms with E-state index in [1.165, 1.54) is 12.1 Å². The topological polar surface area (TPSA) is 90.9 Å². The van der Waals surface area contributed by atoms with Crippen LogP contribution in [-0.4, -0.2) is 15.3 Å². The monoisotopic (exact) mass is 312 g/mol. The summed E-state index contributed by atoms with van der Waals surface area (Å²) < 4.78 is 5.55. The first-order chi connectivity index (χ1) is 10.9. The second-order valence-electron chi connectivity index (χ2n) is 5.66. The van der Waals surface area contributed by atoms with Gasteiger partial charge in [-0.05, 0) is 32.4 Å². The van der Waals surface area contributed by atoms with Gasteiger partial charge < -0.3 is 19.7 Å². The van der Waals surface area contributed by atoms with E-state index < -0.39 is 5.43 Å². The zero-order valence-corrected chi connectivity index (χ0v) is 12.8. The van der Waals surface area contributed by atoms with Crippen molar-refractivity contribution in [3.8, 4) is 17.2 Å². The third kappa shape index (κ3) is 2.40. The Kier molecular flexibility index (Phi) is 3.48. The van der Waals surface area contributed by atoms with Crippen LogP contribution in [0.25, 0.3) is 21.9 Å². The van der Waals surface area contributed by atoms with Gasteiger partial charge in [-0.3, -0.25) is 4.79 Å². The zero-order valence-electron chi connectivity index (χ0n) is 12.8. The Labute approximate surface area is 131 Å². The molecule has 0 aliphatic heterocycles. The zero-order chi connectivity index (χ0) is 16.7. The molecule has 0 radical (unpaired) electrons. The van der Waals surface area contributed by atoms with Gasteiger partial charge in [0.25, 0.3) is 0 Å². The Morgan fingerprint density at radius 3 is 2.52 bits per heavy atom. The highest BCUT2D eigenvalue weighted by atomic mass is 16.3. The lowest BCUT2D eigenvalue weighted by Gasteiger charge is -2.10. The minimum absolute atomic E-state index is 0.00848. The average molecular weight is 312 g/mol. The Bertz CT molecular complexity index is 1010. The van der Waals surface area contributed by atoms with E-state index in [1.54, 1.807) is 12.1 Å². The first-order valence-corrected chi connectivity index (χ1v) is 7.16. The van der Waals surface area contributed by atoms with Gasteiger partial charge in [-0.15, -0.1) is 0 Å². The molecule has 2 aromatic carbocycles. The first-order valence-electron chi connectivity index (χ1n) is 7.16. The average Bonchev–Trinajstić information content (AvgIpc) is 2.46. The standard InChI is InChI=1S/C18H16O5/c1-9(2)6-7-10-12(20)8-14-16(17(10)21)18(22)15-11(19)4-3-5-13(15)23-14/h3-6,8,19-21H,7H2,1-2H3. The Morgan fingerprint density at radius 1 is 1.09 bits per heavy atom. The van der Waals surface area contributed by atoms with Crippen molar-refractivity contribution >= 4 is 21.9 Å². The predicted octanol–water partition coefficient (Wildman–Crippen LogP) is 3.57. The summed E-state index contributed by atoms with van der Waals surface area (Å²) in [7, 11) is 0. The Morgan fingerprint density at radius 2 is 1.83 bits per heavy atom. The number of benzene rings is 2. The van der Waals surface area contributed by atoms with Gasteiger partial charge in [-0.1, -0.05) is 17.7 Å². The summed E-state index contributed by atoms with van der Waals surface area (Å²) in [5.74, 6) is -0.678. The molecule has 5 nitrogen and oxygen atoms in total.